The molecule has 0 unspecified atom stereocenters. The van der Waals surface area contributed by atoms with E-state index in [-0.39, 0.29) is 17.5 Å². The van der Waals surface area contributed by atoms with Crippen LogP contribution in [-0.4, -0.2) is 32.7 Å². The molecule has 0 aliphatic heterocycles. The van der Waals surface area contributed by atoms with Crippen LogP contribution >= 0.6 is 22.9 Å². The molecule has 0 amide bonds. The summed E-state index contributed by atoms with van der Waals surface area (Å²) >= 11 is 6.73. The maximum Gasteiger partial charge on any atom is 0.213 e. The first-order chi connectivity index (χ1) is 7.48. The van der Waals surface area contributed by atoms with Crippen LogP contribution in [0.3, 0.4) is 0 Å². The first-order valence-electron chi connectivity index (χ1n) is 4.20. The summed E-state index contributed by atoms with van der Waals surface area (Å²) in [4.78, 5) is 4.17. The largest absolute Gasteiger partial charge is 0.360 e. The molecule has 16 heavy (non-hydrogen) atoms. The van der Waals surface area contributed by atoms with E-state index in [1.54, 1.807) is 0 Å². The summed E-state index contributed by atoms with van der Waals surface area (Å²) in [6.07, 6.45) is 0. The monoisotopic (exact) mass is 280 g/mol. The second-order valence-electron chi connectivity index (χ2n) is 2.70. The Labute approximate surface area is 102 Å². The Morgan fingerprint density at radius 1 is 1.62 bits per heavy atom. The average molecular weight is 281 g/mol. The van der Waals surface area contributed by atoms with Crippen molar-refractivity contribution in [2.45, 2.75) is 0 Å². The van der Waals surface area contributed by atoms with Crippen LogP contribution in [0.2, 0.25) is 5.15 Å². The lowest BCUT2D eigenvalue weighted by molar-refractivity contribution is 0.588. The van der Waals surface area contributed by atoms with Gasteiger partial charge >= 0.3 is 0 Å². The fourth-order valence-electron chi connectivity index (χ4n) is 0.840. The normalized spacial score (nSPS) is 11.1. The van der Waals surface area contributed by atoms with Gasteiger partial charge in [0.15, 0.2) is 10.3 Å². The molecule has 0 saturated carbocycles. The van der Waals surface area contributed by atoms with Gasteiger partial charge in [0.25, 0.3) is 0 Å². The quantitative estimate of drug-likeness (QED) is 0.825. The Kier molecular flexibility index (Phi) is 4.49. The zero-order valence-electron chi connectivity index (χ0n) is 8.32. The summed E-state index contributed by atoms with van der Waals surface area (Å²) in [6, 6.07) is 1.89. The summed E-state index contributed by atoms with van der Waals surface area (Å²) < 4.78 is 24.3. The number of sulfonamides is 1. The van der Waals surface area contributed by atoms with Gasteiger partial charge in [-0.1, -0.05) is 22.9 Å². The molecule has 1 aromatic heterocycles. The van der Waals surface area contributed by atoms with Crippen LogP contribution in [0.25, 0.3) is 0 Å². The molecule has 0 aromatic carbocycles. The van der Waals surface area contributed by atoms with Gasteiger partial charge in [-0.25, -0.2) is 18.1 Å². The summed E-state index contributed by atoms with van der Waals surface area (Å²) in [5, 5.41) is 12.0. The van der Waals surface area contributed by atoms with Crippen LogP contribution in [0, 0.1) is 11.3 Å². The summed E-state index contributed by atoms with van der Waals surface area (Å²) in [6.45, 7) is 0.206. The molecule has 0 aliphatic carbocycles. The average Bonchev–Trinajstić information content (AvgIpc) is 2.59. The minimum atomic E-state index is -3.23. The highest BCUT2D eigenvalue weighted by molar-refractivity contribution is 7.89. The molecular formula is C7H9ClN4O2S2. The molecule has 0 radical (unpaired) electrons. The fourth-order valence-corrected chi connectivity index (χ4v) is 2.39. The smallest absolute Gasteiger partial charge is 0.213 e. The highest BCUT2D eigenvalue weighted by Crippen LogP contribution is 2.25. The topological polar surface area (TPSA) is 94.9 Å². The zero-order chi connectivity index (χ0) is 12.2. The van der Waals surface area contributed by atoms with Crippen molar-refractivity contribution in [3.8, 4) is 6.07 Å². The Morgan fingerprint density at radius 3 is 2.81 bits per heavy atom. The number of anilines is 1. The number of aromatic nitrogens is 1. The van der Waals surface area contributed by atoms with Crippen molar-refractivity contribution < 1.29 is 8.42 Å². The summed E-state index contributed by atoms with van der Waals surface area (Å²) in [5.74, 6) is -0.0669. The van der Waals surface area contributed by atoms with Crippen LogP contribution in [0.4, 0.5) is 5.13 Å². The Morgan fingerprint density at radius 2 is 2.31 bits per heavy atom. The number of hydrogen-bond donors (Lipinski definition) is 2. The van der Waals surface area contributed by atoms with Gasteiger partial charge in [-0.2, -0.15) is 5.26 Å². The van der Waals surface area contributed by atoms with Crippen LogP contribution in [0.1, 0.15) is 4.88 Å². The maximum atomic E-state index is 11.1. The predicted molar refractivity (Wildman–Crippen MR) is 63.2 cm³/mol. The number of thiazole rings is 1. The lowest BCUT2D eigenvalue weighted by Gasteiger charge is -2.02. The highest BCUT2D eigenvalue weighted by Gasteiger charge is 2.10. The van der Waals surface area contributed by atoms with Gasteiger partial charge in [0, 0.05) is 6.54 Å². The molecule has 1 heterocycles. The lowest BCUT2D eigenvalue weighted by Crippen LogP contribution is -2.26. The first-order valence-corrected chi connectivity index (χ1v) is 7.04. The van der Waals surface area contributed by atoms with Gasteiger partial charge in [0.1, 0.15) is 10.9 Å². The van der Waals surface area contributed by atoms with Gasteiger partial charge in [0.05, 0.1) is 5.75 Å². The van der Waals surface area contributed by atoms with Crippen LogP contribution in [0.5, 0.6) is 0 Å². The number of nitrogens with one attached hydrogen (secondary N) is 2. The van der Waals surface area contributed by atoms with Crippen molar-refractivity contribution in [3.05, 3.63) is 10.0 Å². The van der Waals surface area contributed by atoms with E-state index in [4.69, 9.17) is 16.9 Å². The molecule has 1 aromatic rings. The molecule has 0 spiro atoms. The molecule has 1 rings (SSSR count). The second kappa shape index (κ2) is 5.45. The molecule has 6 nitrogen and oxygen atoms in total. The van der Waals surface area contributed by atoms with Gasteiger partial charge in [-0.05, 0) is 7.05 Å². The molecule has 0 saturated heterocycles. The third-order valence-corrected chi connectivity index (χ3v) is 4.31. The Balaban J connectivity index is 2.53. The minimum Gasteiger partial charge on any atom is -0.360 e. The predicted octanol–water partition coefficient (Wildman–Crippen LogP) is 0.629. The van der Waals surface area contributed by atoms with Crippen molar-refractivity contribution in [1.29, 1.82) is 5.26 Å². The van der Waals surface area contributed by atoms with E-state index in [1.165, 1.54) is 7.05 Å². The Hall–Kier alpha value is -0.880. The molecule has 0 aliphatic rings. The van der Waals surface area contributed by atoms with Crippen molar-refractivity contribution in [1.82, 2.24) is 9.71 Å². The molecule has 2 N–H and O–H groups in total. The van der Waals surface area contributed by atoms with Gasteiger partial charge < -0.3 is 5.32 Å². The highest BCUT2D eigenvalue weighted by atomic mass is 35.5. The molecule has 9 heteroatoms. The fraction of sp³-hybridized carbons (Fsp3) is 0.429. The van der Waals surface area contributed by atoms with Crippen LogP contribution < -0.4 is 10.0 Å². The first kappa shape index (κ1) is 13.2. The lowest BCUT2D eigenvalue weighted by atomic mass is 10.6. The second-order valence-corrected chi connectivity index (χ2v) is 6.10. The minimum absolute atomic E-state index is 0.0669. The molecule has 0 bridgehead atoms. The van der Waals surface area contributed by atoms with Crippen LogP contribution in [0.15, 0.2) is 0 Å². The van der Waals surface area contributed by atoms with Crippen molar-refractivity contribution >= 4 is 38.1 Å². The number of nitriles is 1. The van der Waals surface area contributed by atoms with E-state index in [1.807, 2.05) is 6.07 Å². The van der Waals surface area contributed by atoms with E-state index >= 15 is 0 Å². The van der Waals surface area contributed by atoms with Crippen LogP contribution in [-0.2, 0) is 10.0 Å². The third-order valence-electron chi connectivity index (χ3n) is 1.65. The van der Waals surface area contributed by atoms with E-state index < -0.39 is 10.0 Å². The zero-order valence-corrected chi connectivity index (χ0v) is 10.7. The number of halogens is 1. The summed E-state index contributed by atoms with van der Waals surface area (Å²) in [5.41, 5.74) is 0. The summed E-state index contributed by atoms with van der Waals surface area (Å²) in [7, 11) is -1.88. The number of nitrogens with zero attached hydrogens (tertiary/aromatic N) is 2. The van der Waals surface area contributed by atoms with Crippen molar-refractivity contribution in [2.75, 3.05) is 24.7 Å². The van der Waals surface area contributed by atoms with Gasteiger partial charge in [0.2, 0.25) is 10.0 Å². The SMILES string of the molecule is CNS(=O)(=O)CCNc1nc(Cl)c(C#N)s1. The van der Waals surface area contributed by atoms with Gasteiger partial charge in [-0.3, -0.25) is 0 Å². The number of rotatable bonds is 5. The van der Waals surface area contributed by atoms with Crippen molar-refractivity contribution in [2.24, 2.45) is 0 Å². The molecular weight excluding hydrogens is 272 g/mol. The van der Waals surface area contributed by atoms with Gasteiger partial charge in [-0.15, -0.1) is 0 Å². The maximum absolute atomic E-state index is 11.1. The molecule has 0 fully saturated rings. The number of hydrogen-bond acceptors (Lipinski definition) is 6. The standard InChI is InChI=1S/C7H9ClN4O2S2/c1-10-16(13,14)3-2-11-7-12-6(8)5(4-9)15-7/h10H,2-3H2,1H3,(H,11,12). The third kappa shape index (κ3) is 3.61. The molecule has 0 atom stereocenters. The molecule has 88 valence electrons. The van der Waals surface area contributed by atoms with E-state index in [2.05, 4.69) is 15.0 Å². The van der Waals surface area contributed by atoms with E-state index in [0.29, 0.717) is 10.0 Å². The van der Waals surface area contributed by atoms with E-state index in [9.17, 15) is 8.42 Å². The van der Waals surface area contributed by atoms with E-state index in [0.717, 1.165) is 11.3 Å². The Bertz CT molecular complexity index is 505. The van der Waals surface area contributed by atoms with Crippen molar-refractivity contribution in [3.63, 3.8) is 0 Å².